The van der Waals surface area contributed by atoms with E-state index in [0.717, 1.165) is 11.1 Å². The summed E-state index contributed by atoms with van der Waals surface area (Å²) in [6.45, 7) is 9.64. The number of nitrogens with zero attached hydrogens (tertiary/aromatic N) is 2. The molecule has 0 saturated heterocycles. The fourth-order valence-electron chi connectivity index (χ4n) is 2.31. The third kappa shape index (κ3) is 4.42. The van der Waals surface area contributed by atoms with Crippen LogP contribution in [0.25, 0.3) is 0 Å². The van der Waals surface area contributed by atoms with Gasteiger partial charge in [0.25, 0.3) is 5.91 Å². The van der Waals surface area contributed by atoms with E-state index >= 15 is 0 Å². The van der Waals surface area contributed by atoms with Crippen molar-refractivity contribution >= 4 is 29.0 Å². The number of anilines is 2. The molecule has 2 N–H and O–H groups in total. The van der Waals surface area contributed by atoms with Crippen molar-refractivity contribution < 1.29 is 4.79 Å². The minimum Gasteiger partial charge on any atom is -0.368 e. The number of carbonyl (C=O) groups excluding carboxylic acids is 1. The molecule has 122 valence electrons. The first-order valence-corrected chi connectivity index (χ1v) is 7.84. The highest BCUT2D eigenvalue weighted by Crippen LogP contribution is 2.27. The van der Waals surface area contributed by atoms with Crippen LogP contribution in [0.5, 0.6) is 0 Å². The number of aryl methyl sites for hydroxylation is 3. The predicted molar refractivity (Wildman–Crippen MR) is 94.4 cm³/mol. The highest BCUT2D eigenvalue weighted by atomic mass is 35.5. The Balaban J connectivity index is 2.29. The maximum atomic E-state index is 12.5. The van der Waals surface area contributed by atoms with Gasteiger partial charge in [-0.15, -0.1) is 0 Å². The molecule has 0 aliphatic carbocycles. The normalized spacial score (nSPS) is 10.7. The fraction of sp³-hybridized carbons (Fsp3) is 0.353. The average Bonchev–Trinajstić information content (AvgIpc) is 2.41. The Hall–Kier alpha value is -2.14. The maximum absolute atomic E-state index is 12.5. The molecular weight excluding hydrogens is 312 g/mol. The zero-order valence-corrected chi connectivity index (χ0v) is 14.7. The van der Waals surface area contributed by atoms with Gasteiger partial charge in [0.05, 0.1) is 10.7 Å². The van der Waals surface area contributed by atoms with Crippen LogP contribution in [0.1, 0.15) is 41.3 Å². The van der Waals surface area contributed by atoms with Gasteiger partial charge in [0.15, 0.2) is 0 Å². The van der Waals surface area contributed by atoms with Gasteiger partial charge in [-0.05, 0) is 51.8 Å². The Morgan fingerprint density at radius 1 is 1.13 bits per heavy atom. The first kappa shape index (κ1) is 17.2. The first-order chi connectivity index (χ1) is 10.8. The molecule has 0 saturated carbocycles. The number of benzene rings is 1. The summed E-state index contributed by atoms with van der Waals surface area (Å²) in [6, 6.07) is 5.65. The van der Waals surface area contributed by atoms with Gasteiger partial charge in [-0.3, -0.25) is 4.79 Å². The fourth-order valence-corrected chi connectivity index (χ4v) is 2.67. The van der Waals surface area contributed by atoms with Gasteiger partial charge in [0.2, 0.25) is 0 Å². The second-order valence-electron chi connectivity index (χ2n) is 5.88. The monoisotopic (exact) mass is 332 g/mol. The van der Waals surface area contributed by atoms with Crippen LogP contribution in [0.15, 0.2) is 18.2 Å². The standard InChI is InChI=1S/C17H21ClN4O/c1-9(2)19-15-8-14(20-12(5)21-15)17(23)22-16-11(4)6-10(3)7-13(16)18/h6-9H,1-5H3,(H,22,23)(H,19,20,21). The van der Waals surface area contributed by atoms with Crippen LogP contribution in [0.4, 0.5) is 11.5 Å². The van der Waals surface area contributed by atoms with E-state index in [0.29, 0.717) is 28.0 Å². The van der Waals surface area contributed by atoms with Gasteiger partial charge in [-0.2, -0.15) is 0 Å². The molecule has 0 fully saturated rings. The minimum atomic E-state index is -0.309. The number of aromatic nitrogens is 2. The van der Waals surface area contributed by atoms with Gasteiger partial charge in [-0.1, -0.05) is 17.7 Å². The summed E-state index contributed by atoms with van der Waals surface area (Å²) in [5.41, 5.74) is 2.87. The summed E-state index contributed by atoms with van der Waals surface area (Å²) >= 11 is 6.24. The van der Waals surface area contributed by atoms with Crippen LogP contribution < -0.4 is 10.6 Å². The van der Waals surface area contributed by atoms with E-state index in [1.807, 2.05) is 39.8 Å². The van der Waals surface area contributed by atoms with Crippen molar-refractivity contribution in [1.29, 1.82) is 0 Å². The lowest BCUT2D eigenvalue weighted by molar-refractivity contribution is 0.102. The highest BCUT2D eigenvalue weighted by Gasteiger charge is 2.14. The third-order valence-electron chi connectivity index (χ3n) is 3.18. The van der Waals surface area contributed by atoms with Gasteiger partial charge in [-0.25, -0.2) is 9.97 Å². The van der Waals surface area contributed by atoms with E-state index in [4.69, 9.17) is 11.6 Å². The van der Waals surface area contributed by atoms with Crippen LogP contribution >= 0.6 is 11.6 Å². The lowest BCUT2D eigenvalue weighted by atomic mass is 10.1. The van der Waals surface area contributed by atoms with Gasteiger partial charge < -0.3 is 10.6 Å². The predicted octanol–water partition coefficient (Wildman–Crippen LogP) is 4.13. The molecule has 1 aromatic heterocycles. The van der Waals surface area contributed by atoms with Crippen molar-refractivity contribution in [3.8, 4) is 0 Å². The zero-order valence-electron chi connectivity index (χ0n) is 14.0. The van der Waals surface area contributed by atoms with E-state index in [1.54, 1.807) is 13.0 Å². The molecule has 1 heterocycles. The van der Waals surface area contributed by atoms with Gasteiger partial charge >= 0.3 is 0 Å². The van der Waals surface area contributed by atoms with E-state index in [1.165, 1.54) is 0 Å². The van der Waals surface area contributed by atoms with E-state index < -0.39 is 0 Å². The van der Waals surface area contributed by atoms with E-state index in [9.17, 15) is 4.79 Å². The second-order valence-corrected chi connectivity index (χ2v) is 6.28. The van der Waals surface area contributed by atoms with E-state index in [2.05, 4.69) is 20.6 Å². The topological polar surface area (TPSA) is 66.9 Å². The highest BCUT2D eigenvalue weighted by molar-refractivity contribution is 6.34. The SMILES string of the molecule is Cc1cc(C)c(NC(=O)c2cc(NC(C)C)nc(C)n2)c(Cl)c1. The smallest absolute Gasteiger partial charge is 0.274 e. The van der Waals surface area contributed by atoms with Crippen molar-refractivity contribution in [2.24, 2.45) is 0 Å². The number of nitrogens with one attached hydrogen (secondary N) is 2. The summed E-state index contributed by atoms with van der Waals surface area (Å²) < 4.78 is 0. The summed E-state index contributed by atoms with van der Waals surface area (Å²) in [5, 5.41) is 6.53. The summed E-state index contributed by atoms with van der Waals surface area (Å²) in [7, 11) is 0. The van der Waals surface area contributed by atoms with Crippen molar-refractivity contribution in [2.75, 3.05) is 10.6 Å². The maximum Gasteiger partial charge on any atom is 0.274 e. The van der Waals surface area contributed by atoms with Crippen molar-refractivity contribution in [1.82, 2.24) is 9.97 Å². The molecule has 0 aliphatic heterocycles. The molecule has 6 heteroatoms. The molecule has 5 nitrogen and oxygen atoms in total. The Bertz CT molecular complexity index is 720. The molecule has 1 aromatic carbocycles. The summed E-state index contributed by atoms with van der Waals surface area (Å²) in [4.78, 5) is 21.0. The molecule has 1 amide bonds. The number of hydrogen-bond donors (Lipinski definition) is 2. The van der Waals surface area contributed by atoms with Crippen LogP contribution in [0, 0.1) is 20.8 Å². The second kappa shape index (κ2) is 6.96. The van der Waals surface area contributed by atoms with Crippen molar-refractivity contribution in [3.63, 3.8) is 0 Å². The minimum absolute atomic E-state index is 0.217. The number of hydrogen-bond acceptors (Lipinski definition) is 4. The van der Waals surface area contributed by atoms with Crippen LogP contribution in [-0.2, 0) is 0 Å². The largest absolute Gasteiger partial charge is 0.368 e. The number of halogens is 1. The number of carbonyl (C=O) groups is 1. The van der Waals surface area contributed by atoms with Crippen molar-refractivity contribution in [2.45, 2.75) is 40.7 Å². The molecule has 0 spiro atoms. The molecule has 0 bridgehead atoms. The Labute approximate surface area is 141 Å². The molecule has 23 heavy (non-hydrogen) atoms. The molecule has 0 atom stereocenters. The molecule has 2 rings (SSSR count). The molecular formula is C17H21ClN4O. The Morgan fingerprint density at radius 3 is 2.43 bits per heavy atom. The number of rotatable bonds is 4. The van der Waals surface area contributed by atoms with Crippen LogP contribution in [-0.4, -0.2) is 21.9 Å². The summed E-state index contributed by atoms with van der Waals surface area (Å²) in [6.07, 6.45) is 0. The first-order valence-electron chi connectivity index (χ1n) is 7.46. The van der Waals surface area contributed by atoms with E-state index in [-0.39, 0.29) is 11.9 Å². The molecule has 0 aliphatic rings. The Morgan fingerprint density at radius 2 is 1.83 bits per heavy atom. The molecule has 0 radical (unpaired) electrons. The van der Waals surface area contributed by atoms with Crippen molar-refractivity contribution in [3.05, 3.63) is 45.9 Å². The Kier molecular flexibility index (Phi) is 5.21. The van der Waals surface area contributed by atoms with Gasteiger partial charge in [0, 0.05) is 12.1 Å². The lowest BCUT2D eigenvalue weighted by Gasteiger charge is -2.13. The zero-order chi connectivity index (χ0) is 17.1. The summed E-state index contributed by atoms with van der Waals surface area (Å²) in [5.74, 6) is 0.855. The van der Waals surface area contributed by atoms with Crippen LogP contribution in [0.2, 0.25) is 5.02 Å². The average molecular weight is 333 g/mol. The quantitative estimate of drug-likeness (QED) is 0.883. The molecule has 2 aromatic rings. The third-order valence-corrected chi connectivity index (χ3v) is 3.48. The van der Waals surface area contributed by atoms with Crippen LogP contribution in [0.3, 0.4) is 0 Å². The van der Waals surface area contributed by atoms with Gasteiger partial charge in [0.1, 0.15) is 17.3 Å². The molecule has 0 unspecified atom stereocenters. The lowest BCUT2D eigenvalue weighted by Crippen LogP contribution is -2.18. The number of amides is 1.